The molecule has 0 amide bonds. The van der Waals surface area contributed by atoms with Gasteiger partial charge in [-0.1, -0.05) is 12.0 Å². The number of esters is 1. The van der Waals surface area contributed by atoms with Crippen LogP contribution >= 0.6 is 0 Å². The van der Waals surface area contributed by atoms with Crippen LogP contribution < -0.4 is 5.56 Å². The number of carbonyl (C=O) groups is 1. The van der Waals surface area contributed by atoms with Gasteiger partial charge in [-0.05, 0) is 32.3 Å². The monoisotopic (exact) mass is 314 g/mol. The molecule has 3 rings (SSSR count). The molecule has 23 heavy (non-hydrogen) atoms. The third-order valence-corrected chi connectivity index (χ3v) is 4.62. The number of fused-ring (bicyclic) bond motifs is 4. The minimum Gasteiger partial charge on any atom is -0.445 e. The number of ether oxygens (including phenoxy) is 1. The molecule has 1 aromatic heterocycles. The highest BCUT2D eigenvalue weighted by Crippen LogP contribution is 2.34. The molecule has 5 heteroatoms. The van der Waals surface area contributed by atoms with Crippen molar-refractivity contribution in [1.29, 1.82) is 0 Å². The van der Waals surface area contributed by atoms with Gasteiger partial charge in [-0.25, -0.2) is 0 Å². The standard InChI is InChI=1S/C18H22N2O3/c1-4-18(2,3)23-17(22)12-19-9-13-8-14(11-19)15-6-5-7-16(21)20(15)10-13/h1,5-7,13-14H,8-12H2,2-3H3. The molecule has 1 fully saturated rings. The van der Waals surface area contributed by atoms with E-state index in [1.54, 1.807) is 19.9 Å². The van der Waals surface area contributed by atoms with E-state index in [0.717, 1.165) is 31.7 Å². The van der Waals surface area contributed by atoms with Crippen molar-refractivity contribution in [2.24, 2.45) is 5.92 Å². The van der Waals surface area contributed by atoms with Crippen LogP contribution in [0.2, 0.25) is 0 Å². The Bertz CT molecular complexity index is 714. The maximum Gasteiger partial charge on any atom is 0.321 e. The van der Waals surface area contributed by atoms with Crippen LogP contribution in [0.3, 0.4) is 0 Å². The van der Waals surface area contributed by atoms with Gasteiger partial charge < -0.3 is 9.30 Å². The summed E-state index contributed by atoms with van der Waals surface area (Å²) in [7, 11) is 0. The number of rotatable bonds is 3. The maximum atomic E-state index is 12.1. The van der Waals surface area contributed by atoms with Crippen LogP contribution in [-0.4, -0.2) is 40.7 Å². The molecule has 2 aliphatic rings. The van der Waals surface area contributed by atoms with Crippen LogP contribution in [0.15, 0.2) is 23.0 Å². The molecule has 0 N–H and O–H groups in total. The molecular weight excluding hydrogens is 292 g/mol. The molecule has 2 atom stereocenters. The largest absolute Gasteiger partial charge is 0.445 e. The second-order valence-electron chi connectivity index (χ2n) is 7.02. The van der Waals surface area contributed by atoms with Gasteiger partial charge >= 0.3 is 5.97 Å². The summed E-state index contributed by atoms with van der Waals surface area (Å²) in [6.45, 7) is 5.97. The van der Waals surface area contributed by atoms with Gasteiger partial charge in [-0.15, -0.1) is 6.42 Å². The summed E-state index contributed by atoms with van der Waals surface area (Å²) in [6.07, 6.45) is 6.43. The highest BCUT2D eigenvalue weighted by molar-refractivity contribution is 5.72. The Balaban J connectivity index is 1.70. The molecule has 2 aliphatic heterocycles. The summed E-state index contributed by atoms with van der Waals surface area (Å²) >= 11 is 0. The lowest BCUT2D eigenvalue weighted by Crippen LogP contribution is -2.49. The van der Waals surface area contributed by atoms with Crippen molar-refractivity contribution >= 4 is 5.97 Å². The van der Waals surface area contributed by atoms with E-state index in [2.05, 4.69) is 10.8 Å². The number of hydrogen-bond acceptors (Lipinski definition) is 4. The summed E-state index contributed by atoms with van der Waals surface area (Å²) in [4.78, 5) is 26.2. The van der Waals surface area contributed by atoms with Crippen LogP contribution in [0.4, 0.5) is 0 Å². The zero-order valence-electron chi connectivity index (χ0n) is 13.6. The predicted molar refractivity (Wildman–Crippen MR) is 87.0 cm³/mol. The average molecular weight is 314 g/mol. The van der Waals surface area contributed by atoms with Gasteiger partial charge in [0.05, 0.1) is 6.54 Å². The predicted octanol–water partition coefficient (Wildman–Crippen LogP) is 1.22. The topological polar surface area (TPSA) is 51.5 Å². The lowest BCUT2D eigenvalue weighted by atomic mass is 9.83. The molecule has 1 aromatic rings. The molecule has 0 aliphatic carbocycles. The van der Waals surface area contributed by atoms with Crippen molar-refractivity contribution in [2.75, 3.05) is 19.6 Å². The lowest BCUT2D eigenvalue weighted by molar-refractivity contribution is -0.153. The van der Waals surface area contributed by atoms with Gasteiger partial charge in [0.2, 0.25) is 0 Å². The normalized spacial score (nSPS) is 23.7. The van der Waals surface area contributed by atoms with E-state index < -0.39 is 5.60 Å². The molecule has 3 heterocycles. The van der Waals surface area contributed by atoms with Gasteiger partial charge in [-0.3, -0.25) is 14.5 Å². The van der Waals surface area contributed by atoms with Gasteiger partial charge in [0.15, 0.2) is 5.60 Å². The fourth-order valence-corrected chi connectivity index (χ4v) is 3.65. The number of likely N-dealkylation sites (tertiary alicyclic amines) is 1. The van der Waals surface area contributed by atoms with Gasteiger partial charge in [0.25, 0.3) is 5.56 Å². The lowest BCUT2D eigenvalue weighted by Gasteiger charge is -2.42. The number of piperidine rings is 1. The van der Waals surface area contributed by atoms with E-state index >= 15 is 0 Å². The highest BCUT2D eigenvalue weighted by Gasteiger charge is 2.35. The van der Waals surface area contributed by atoms with Crippen molar-refractivity contribution in [3.05, 3.63) is 34.2 Å². The van der Waals surface area contributed by atoms with Gasteiger partial charge in [0.1, 0.15) is 0 Å². The van der Waals surface area contributed by atoms with Crippen molar-refractivity contribution in [3.63, 3.8) is 0 Å². The van der Waals surface area contributed by atoms with Gasteiger partial charge in [0, 0.05) is 37.3 Å². The molecular formula is C18H22N2O3. The minimum absolute atomic E-state index is 0.0702. The fourth-order valence-electron chi connectivity index (χ4n) is 3.65. The Morgan fingerprint density at radius 1 is 1.39 bits per heavy atom. The van der Waals surface area contributed by atoms with Crippen molar-refractivity contribution in [1.82, 2.24) is 9.47 Å². The summed E-state index contributed by atoms with van der Waals surface area (Å²) in [5, 5.41) is 0. The van der Waals surface area contributed by atoms with Crippen molar-refractivity contribution < 1.29 is 9.53 Å². The van der Waals surface area contributed by atoms with Gasteiger partial charge in [-0.2, -0.15) is 0 Å². The number of terminal acetylenes is 1. The number of pyridine rings is 1. The average Bonchev–Trinajstić information content (AvgIpc) is 2.47. The number of hydrogen-bond donors (Lipinski definition) is 0. The van der Waals surface area contributed by atoms with E-state index in [4.69, 9.17) is 11.2 Å². The van der Waals surface area contributed by atoms with Crippen LogP contribution in [0.25, 0.3) is 0 Å². The Morgan fingerprint density at radius 3 is 2.91 bits per heavy atom. The SMILES string of the molecule is C#CC(C)(C)OC(=O)CN1CC2CC(C1)c1cccc(=O)n1C2. The quantitative estimate of drug-likeness (QED) is 0.622. The molecule has 0 spiro atoms. The van der Waals surface area contributed by atoms with E-state index in [9.17, 15) is 9.59 Å². The second kappa shape index (κ2) is 5.86. The first-order valence-electron chi connectivity index (χ1n) is 7.99. The molecule has 1 saturated heterocycles. The first kappa shape index (κ1) is 15.8. The molecule has 0 radical (unpaired) electrons. The van der Waals surface area contributed by atoms with E-state index in [-0.39, 0.29) is 18.1 Å². The molecule has 0 saturated carbocycles. The Morgan fingerprint density at radius 2 is 2.17 bits per heavy atom. The molecule has 122 valence electrons. The Kier molecular flexibility index (Phi) is 4.03. The van der Waals surface area contributed by atoms with E-state index in [1.165, 1.54) is 0 Å². The third kappa shape index (κ3) is 3.32. The Labute approximate surface area is 136 Å². The second-order valence-corrected chi connectivity index (χ2v) is 7.02. The number of aromatic nitrogens is 1. The summed E-state index contributed by atoms with van der Waals surface area (Å²) in [5.74, 6) is 2.87. The van der Waals surface area contributed by atoms with Crippen LogP contribution in [-0.2, 0) is 16.1 Å². The highest BCUT2D eigenvalue weighted by atomic mass is 16.6. The molecule has 5 nitrogen and oxygen atoms in total. The first-order valence-corrected chi connectivity index (χ1v) is 7.99. The summed E-state index contributed by atoms with van der Waals surface area (Å²) < 4.78 is 7.21. The van der Waals surface area contributed by atoms with E-state index in [0.29, 0.717) is 11.8 Å². The first-order chi connectivity index (χ1) is 10.9. The van der Waals surface area contributed by atoms with E-state index in [1.807, 2.05) is 16.7 Å². The van der Waals surface area contributed by atoms with Crippen LogP contribution in [0.1, 0.15) is 31.9 Å². The summed E-state index contributed by atoms with van der Waals surface area (Å²) in [5.41, 5.74) is 0.277. The smallest absolute Gasteiger partial charge is 0.321 e. The van der Waals surface area contributed by atoms with Crippen LogP contribution in [0.5, 0.6) is 0 Å². The minimum atomic E-state index is -0.872. The maximum absolute atomic E-state index is 12.1. The molecule has 0 aromatic carbocycles. The molecule has 2 bridgehead atoms. The number of carbonyl (C=O) groups excluding carboxylic acids is 1. The zero-order valence-corrected chi connectivity index (χ0v) is 13.6. The van der Waals surface area contributed by atoms with Crippen molar-refractivity contribution in [3.8, 4) is 12.3 Å². The van der Waals surface area contributed by atoms with Crippen molar-refractivity contribution in [2.45, 2.75) is 38.3 Å². The number of nitrogens with zero attached hydrogens (tertiary/aromatic N) is 2. The molecule has 2 unspecified atom stereocenters. The third-order valence-electron chi connectivity index (χ3n) is 4.62. The fraction of sp³-hybridized carbons (Fsp3) is 0.556. The zero-order chi connectivity index (χ0) is 16.6. The van der Waals surface area contributed by atoms with Crippen LogP contribution in [0, 0.1) is 18.3 Å². The Hall–Kier alpha value is -2.06. The summed E-state index contributed by atoms with van der Waals surface area (Å²) in [6, 6.07) is 5.45.